The molecule has 4 unspecified atom stereocenters. The lowest BCUT2D eigenvalue weighted by molar-refractivity contribution is 0.0921. The molecule has 2 aromatic rings. The fraction of sp³-hybridized carbons (Fsp3) is 0.517. The van der Waals surface area contributed by atoms with Crippen LogP contribution in [0.3, 0.4) is 0 Å². The minimum Gasteiger partial charge on any atom is -0.469 e. The van der Waals surface area contributed by atoms with E-state index in [1.54, 1.807) is 0 Å². The van der Waals surface area contributed by atoms with E-state index in [9.17, 15) is 0 Å². The van der Waals surface area contributed by atoms with Gasteiger partial charge in [0.25, 0.3) is 0 Å². The van der Waals surface area contributed by atoms with Crippen LogP contribution in [0.25, 0.3) is 11.0 Å². The first kappa shape index (κ1) is 44.4. The van der Waals surface area contributed by atoms with Crippen molar-refractivity contribution in [3.05, 3.63) is 144 Å². The van der Waals surface area contributed by atoms with Crippen molar-refractivity contribution in [1.29, 1.82) is 0 Å². The van der Waals surface area contributed by atoms with Crippen LogP contribution in [-0.4, -0.2) is 12.2 Å². The quantitative estimate of drug-likeness (QED) is 0.128. The highest BCUT2D eigenvalue weighted by Crippen LogP contribution is 2.58. The average Bonchev–Trinajstić information content (AvgIpc) is 3.60. The minimum absolute atomic E-state index is 0.166. The lowest BCUT2D eigenvalue weighted by Gasteiger charge is -2.52. The maximum Gasteiger partial charge on any atom is 0.236 e. The lowest BCUT2D eigenvalue weighted by Crippen LogP contribution is -2.44. The van der Waals surface area contributed by atoms with Crippen molar-refractivity contribution in [2.24, 2.45) is 40.4 Å². The average molecular weight is 828 g/mol. The third-order valence-electron chi connectivity index (χ3n) is 16.6. The van der Waals surface area contributed by atoms with E-state index in [1.807, 2.05) is 12.2 Å². The second kappa shape index (κ2) is 17.1. The van der Waals surface area contributed by atoms with E-state index in [1.165, 1.54) is 84.8 Å². The van der Waals surface area contributed by atoms with E-state index in [4.69, 9.17) is 4.42 Å². The molecule has 1 radical (unpaired) electrons. The number of fused-ring (bicyclic) bond motifs is 6. The van der Waals surface area contributed by atoms with E-state index < -0.39 is 0 Å². The van der Waals surface area contributed by atoms with Crippen LogP contribution in [0, 0.1) is 40.4 Å². The largest absolute Gasteiger partial charge is 0.469 e. The number of hydrogen-bond donors (Lipinski definition) is 0. The Hall–Kier alpha value is -4.18. The molecule has 2 heterocycles. The molecular formula is C58H76BN2O. The molecule has 4 atom stereocenters. The van der Waals surface area contributed by atoms with Crippen LogP contribution in [0.5, 0.6) is 0 Å². The molecular weight excluding hydrogens is 751 g/mol. The molecule has 4 heteroatoms. The first-order valence-corrected chi connectivity index (χ1v) is 24.3. The molecule has 2 bridgehead atoms. The molecule has 1 aromatic carbocycles. The van der Waals surface area contributed by atoms with Crippen molar-refractivity contribution >= 4 is 29.6 Å². The Kier molecular flexibility index (Phi) is 12.2. The molecule has 0 amide bonds. The van der Waals surface area contributed by atoms with Gasteiger partial charge in [0, 0.05) is 34.4 Å². The summed E-state index contributed by atoms with van der Waals surface area (Å²) in [5.74, 6) is 5.00. The zero-order valence-electron chi connectivity index (χ0n) is 40.1. The predicted octanol–water partition coefficient (Wildman–Crippen LogP) is 15.4. The number of anilines is 1. The minimum atomic E-state index is 0.166. The van der Waals surface area contributed by atoms with Crippen LogP contribution in [0.4, 0.5) is 5.69 Å². The first-order valence-electron chi connectivity index (χ1n) is 24.3. The number of benzene rings is 1. The number of furan rings is 1. The fourth-order valence-electron chi connectivity index (χ4n) is 11.9. The number of unbranched alkanes of at least 4 members (excludes halogenated alkanes) is 1. The Morgan fingerprint density at radius 1 is 0.968 bits per heavy atom. The van der Waals surface area contributed by atoms with Crippen molar-refractivity contribution in [3.63, 3.8) is 0 Å². The molecule has 0 saturated heterocycles. The Labute approximate surface area is 377 Å². The number of allylic oxidation sites excluding steroid dienone is 12. The van der Waals surface area contributed by atoms with Gasteiger partial charge in [-0.25, -0.2) is 0 Å². The molecule has 2 fully saturated rings. The Morgan fingerprint density at radius 2 is 1.69 bits per heavy atom. The fourth-order valence-corrected chi connectivity index (χ4v) is 11.9. The van der Waals surface area contributed by atoms with Crippen LogP contribution in [0.15, 0.2) is 137 Å². The molecule has 0 N–H and O–H groups in total. The second-order valence-corrected chi connectivity index (χ2v) is 22.5. The van der Waals surface area contributed by atoms with E-state index in [-0.39, 0.29) is 21.7 Å². The summed E-state index contributed by atoms with van der Waals surface area (Å²) in [6.45, 7) is 32.7. The summed E-state index contributed by atoms with van der Waals surface area (Å²) in [6.07, 6.45) is 41.1. The van der Waals surface area contributed by atoms with Gasteiger partial charge >= 0.3 is 0 Å². The summed E-state index contributed by atoms with van der Waals surface area (Å²) < 4.78 is 7.21. The summed E-state index contributed by atoms with van der Waals surface area (Å²) >= 11 is 0. The van der Waals surface area contributed by atoms with E-state index >= 15 is 0 Å². The van der Waals surface area contributed by atoms with Gasteiger partial charge in [-0.1, -0.05) is 130 Å². The van der Waals surface area contributed by atoms with Crippen LogP contribution >= 0.6 is 0 Å². The SMILES string of the molecule is C=C/C=C1\C=C\N(C2=CCC(C(C)(C)CCC(C)C)C=C2)/C(C)=C\[B]c2oc3cc4c(cc3c2N1C1=CC2C(C=C1/C=C/CCC=C)C(C)CCC2(C)C)C1(C)CCC4(C)CC1. The van der Waals surface area contributed by atoms with Gasteiger partial charge in [-0.3, -0.25) is 0 Å². The highest BCUT2D eigenvalue weighted by atomic mass is 16.3. The van der Waals surface area contributed by atoms with Crippen molar-refractivity contribution in [2.45, 2.75) is 151 Å². The Balaban J connectivity index is 1.32. The lowest BCUT2D eigenvalue weighted by atomic mass is 9.52. The molecule has 1 aliphatic heterocycles. The summed E-state index contributed by atoms with van der Waals surface area (Å²) in [5.41, 5.74) is 12.7. The molecule has 1 aromatic heterocycles. The van der Waals surface area contributed by atoms with Gasteiger partial charge in [0.15, 0.2) is 0 Å². The predicted molar refractivity (Wildman–Crippen MR) is 267 cm³/mol. The molecule has 7 aliphatic rings. The van der Waals surface area contributed by atoms with Crippen LogP contribution in [0.2, 0.25) is 0 Å². The Morgan fingerprint density at radius 3 is 2.35 bits per heavy atom. The van der Waals surface area contributed by atoms with Crippen molar-refractivity contribution < 1.29 is 4.42 Å². The van der Waals surface area contributed by atoms with E-state index in [2.05, 4.69) is 178 Å². The molecule has 6 aliphatic carbocycles. The van der Waals surface area contributed by atoms with E-state index in [0.29, 0.717) is 23.7 Å². The summed E-state index contributed by atoms with van der Waals surface area (Å²) in [6, 6.07) is 4.99. The van der Waals surface area contributed by atoms with Gasteiger partial charge in [-0.15, -0.1) is 6.58 Å². The highest BCUT2D eigenvalue weighted by Gasteiger charge is 2.49. The zero-order chi connectivity index (χ0) is 44.2. The first-order chi connectivity index (χ1) is 29.5. The van der Waals surface area contributed by atoms with Crippen LogP contribution in [-0.2, 0) is 10.8 Å². The normalized spacial score (nSPS) is 31.4. The van der Waals surface area contributed by atoms with Crippen molar-refractivity contribution in [2.75, 3.05) is 4.90 Å². The highest BCUT2D eigenvalue weighted by molar-refractivity contribution is 6.60. The summed E-state index contributed by atoms with van der Waals surface area (Å²) in [7, 11) is 2.25. The maximum absolute atomic E-state index is 7.21. The maximum atomic E-state index is 7.21. The topological polar surface area (TPSA) is 19.6 Å². The summed E-state index contributed by atoms with van der Waals surface area (Å²) in [5, 5.41) is 1.19. The number of hydrogen-bond acceptors (Lipinski definition) is 3. The van der Waals surface area contributed by atoms with Gasteiger partial charge in [0.2, 0.25) is 7.28 Å². The summed E-state index contributed by atoms with van der Waals surface area (Å²) in [4.78, 5) is 4.92. The molecule has 2 saturated carbocycles. The smallest absolute Gasteiger partial charge is 0.236 e. The zero-order valence-corrected chi connectivity index (χ0v) is 40.1. The molecule has 62 heavy (non-hydrogen) atoms. The third kappa shape index (κ3) is 8.23. The van der Waals surface area contributed by atoms with Gasteiger partial charge in [0.05, 0.1) is 11.3 Å². The van der Waals surface area contributed by atoms with Crippen LogP contribution in [0.1, 0.15) is 151 Å². The van der Waals surface area contributed by atoms with Crippen LogP contribution < -0.4 is 10.6 Å². The third-order valence-corrected chi connectivity index (χ3v) is 16.6. The van der Waals surface area contributed by atoms with Gasteiger partial charge in [-0.05, 0) is 169 Å². The number of rotatable bonds is 11. The second-order valence-electron chi connectivity index (χ2n) is 22.5. The Bertz CT molecular complexity index is 2320. The van der Waals surface area contributed by atoms with Crippen molar-refractivity contribution in [3.8, 4) is 0 Å². The van der Waals surface area contributed by atoms with Crippen molar-refractivity contribution in [1.82, 2.24) is 4.90 Å². The standard InChI is InChI=1S/C58H76BN2O/c1-13-15-16-17-19-42-34-46-40(5)25-28-56(9,10)48(46)36-51(42)61-45(18-14-2)26-33-60(44-22-20-43(21-23-44)55(7,8)27-24-39(3)4)41(6)38-59-54-53(61)47-35-49-50(37-52(47)62-54)58(12)31-29-57(49,11)30-32-58/h13-14,17-20,22-23,26,33-40,43,46,48H,1-2,15-16,21,24-25,27-32H2,3-12H3/b19-17+,33-26+,41-38-,45-18+. The van der Waals surface area contributed by atoms with Gasteiger partial charge in [-0.2, -0.15) is 0 Å². The molecule has 3 nitrogen and oxygen atoms in total. The molecule has 9 rings (SSSR count). The number of nitrogens with zero attached hydrogens (tertiary/aromatic N) is 2. The monoisotopic (exact) mass is 828 g/mol. The van der Waals surface area contributed by atoms with Gasteiger partial charge in [0.1, 0.15) is 5.58 Å². The van der Waals surface area contributed by atoms with Gasteiger partial charge < -0.3 is 14.2 Å². The molecule has 0 spiro atoms. The van der Waals surface area contributed by atoms with E-state index in [0.717, 1.165) is 53.5 Å². The molecule has 327 valence electrons.